The Morgan fingerprint density at radius 1 is 1.28 bits per heavy atom. The predicted molar refractivity (Wildman–Crippen MR) is 75.4 cm³/mol. The maximum Gasteiger partial charge on any atom is 0.0101 e. The molecule has 0 bridgehead atoms. The molecule has 1 nitrogen and oxygen atoms in total. The Kier molecular flexibility index (Phi) is 2.23. The summed E-state index contributed by atoms with van der Waals surface area (Å²) in [5, 5.41) is 3.52. The number of aryl methyl sites for hydroxylation is 1. The second kappa shape index (κ2) is 3.71. The van der Waals surface area contributed by atoms with Crippen LogP contribution in [0, 0.1) is 11.3 Å². The molecule has 3 atom stereocenters. The Hall–Kier alpha value is -1.08. The molecule has 94 valence electrons. The maximum absolute atomic E-state index is 3.52. The molecule has 18 heavy (non-hydrogen) atoms. The van der Waals surface area contributed by atoms with Crippen molar-refractivity contribution < 1.29 is 0 Å². The number of hydrogen-bond acceptors (Lipinski definition) is 1. The van der Waals surface area contributed by atoms with Crippen molar-refractivity contribution in [3.05, 3.63) is 41.5 Å². The largest absolute Gasteiger partial charge is 0.317 e. The summed E-state index contributed by atoms with van der Waals surface area (Å²) in [4.78, 5) is 0. The lowest BCUT2D eigenvalue weighted by molar-refractivity contribution is 0.519. The van der Waals surface area contributed by atoms with Gasteiger partial charge in [0.25, 0.3) is 0 Å². The fourth-order valence-electron chi connectivity index (χ4n) is 4.51. The van der Waals surface area contributed by atoms with Gasteiger partial charge in [-0.05, 0) is 61.8 Å². The predicted octanol–water partition coefficient (Wildman–Crippen LogP) is 3.40. The van der Waals surface area contributed by atoms with E-state index in [1.165, 1.54) is 32.1 Å². The molecule has 0 amide bonds. The molecule has 0 spiro atoms. The van der Waals surface area contributed by atoms with Crippen LogP contribution < -0.4 is 5.32 Å². The van der Waals surface area contributed by atoms with Gasteiger partial charge in [-0.3, -0.25) is 0 Å². The van der Waals surface area contributed by atoms with E-state index in [4.69, 9.17) is 0 Å². The van der Waals surface area contributed by atoms with Crippen molar-refractivity contribution in [3.8, 4) is 0 Å². The molecule has 1 aromatic carbocycles. The third-order valence-electron chi connectivity index (χ3n) is 5.50. The van der Waals surface area contributed by atoms with Crippen LogP contribution in [0.3, 0.4) is 0 Å². The Balaban J connectivity index is 1.73. The first-order valence-electron chi connectivity index (χ1n) is 7.31. The van der Waals surface area contributed by atoms with Crippen LogP contribution >= 0.6 is 0 Å². The quantitative estimate of drug-likeness (QED) is 0.834. The molecule has 1 heteroatoms. The van der Waals surface area contributed by atoms with Crippen LogP contribution in [0.5, 0.6) is 0 Å². The Morgan fingerprint density at radius 3 is 2.94 bits per heavy atom. The average Bonchev–Trinajstić information content (AvgIpc) is 3.06. The average molecular weight is 239 g/mol. The zero-order valence-corrected chi connectivity index (χ0v) is 11.1. The van der Waals surface area contributed by atoms with Gasteiger partial charge in [0.05, 0.1) is 0 Å². The minimum absolute atomic E-state index is 0.546. The number of rotatable bonds is 2. The van der Waals surface area contributed by atoms with E-state index < -0.39 is 0 Å². The molecule has 0 aliphatic heterocycles. The second-order valence-corrected chi connectivity index (χ2v) is 6.21. The first-order chi connectivity index (χ1) is 8.85. The van der Waals surface area contributed by atoms with Crippen LogP contribution in [0.15, 0.2) is 30.3 Å². The first-order valence-corrected chi connectivity index (χ1v) is 7.31. The lowest BCUT2D eigenvalue weighted by Crippen LogP contribution is -2.24. The van der Waals surface area contributed by atoms with Crippen molar-refractivity contribution in [2.24, 2.45) is 11.3 Å². The van der Waals surface area contributed by atoms with Gasteiger partial charge in [0, 0.05) is 11.5 Å². The van der Waals surface area contributed by atoms with E-state index in [-0.39, 0.29) is 0 Å². The maximum atomic E-state index is 3.52. The van der Waals surface area contributed by atoms with Gasteiger partial charge in [-0.2, -0.15) is 0 Å². The van der Waals surface area contributed by atoms with Gasteiger partial charge in [-0.1, -0.05) is 30.3 Å². The zero-order chi connectivity index (χ0) is 12.2. The first kappa shape index (κ1) is 10.8. The van der Waals surface area contributed by atoms with Gasteiger partial charge in [-0.15, -0.1) is 0 Å². The van der Waals surface area contributed by atoms with Gasteiger partial charge in [0.15, 0.2) is 0 Å². The van der Waals surface area contributed by atoms with Crippen molar-refractivity contribution in [1.29, 1.82) is 0 Å². The number of fused-ring (bicyclic) bond motifs is 2. The minimum Gasteiger partial charge on any atom is -0.317 e. The Labute approximate surface area is 109 Å². The monoisotopic (exact) mass is 239 g/mol. The molecule has 1 aromatic rings. The van der Waals surface area contributed by atoms with Crippen molar-refractivity contribution >= 4 is 5.57 Å². The van der Waals surface area contributed by atoms with Gasteiger partial charge in [0.2, 0.25) is 0 Å². The van der Waals surface area contributed by atoms with Crippen LogP contribution in [0.2, 0.25) is 0 Å². The Morgan fingerprint density at radius 2 is 2.17 bits per heavy atom. The minimum atomic E-state index is 0.546. The normalized spacial score (nSPS) is 36.8. The van der Waals surface area contributed by atoms with Crippen molar-refractivity contribution in [3.63, 3.8) is 0 Å². The molecular weight excluding hydrogens is 218 g/mol. The number of benzene rings is 1. The third kappa shape index (κ3) is 1.31. The smallest absolute Gasteiger partial charge is 0.0101 e. The number of hydrogen-bond donors (Lipinski definition) is 1. The van der Waals surface area contributed by atoms with Crippen LogP contribution in [-0.2, 0) is 6.42 Å². The summed E-state index contributed by atoms with van der Waals surface area (Å²) in [6.07, 6.45) is 9.18. The summed E-state index contributed by atoms with van der Waals surface area (Å²) in [7, 11) is 2.13. The molecule has 2 fully saturated rings. The summed E-state index contributed by atoms with van der Waals surface area (Å²) < 4.78 is 0. The Bertz CT molecular complexity index is 516. The summed E-state index contributed by atoms with van der Waals surface area (Å²) in [5.41, 5.74) is 5.36. The standard InChI is InChI=1S/C17H21N/c1-18-16-9-10-17(11-15(16)17)14-8-4-6-12-5-2-3-7-13(12)14/h2-3,5,7-8,15-16,18H,4,6,9-11H2,1H3. The SMILES string of the molecule is CNC1CCC2(C3=CCCc4ccccc43)CC12. The summed E-state index contributed by atoms with van der Waals surface area (Å²) >= 11 is 0. The molecule has 1 N–H and O–H groups in total. The number of nitrogens with one attached hydrogen (secondary N) is 1. The molecular formula is C17H21N. The van der Waals surface area contributed by atoms with Crippen LogP contribution in [0.25, 0.3) is 5.57 Å². The topological polar surface area (TPSA) is 12.0 Å². The molecule has 3 unspecified atom stereocenters. The summed E-state index contributed by atoms with van der Waals surface area (Å²) in [6, 6.07) is 9.82. The van der Waals surface area contributed by atoms with E-state index in [0.29, 0.717) is 5.41 Å². The molecule has 3 aliphatic carbocycles. The highest BCUT2D eigenvalue weighted by atomic mass is 14.9. The lowest BCUT2D eigenvalue weighted by atomic mass is 9.80. The lowest BCUT2D eigenvalue weighted by Gasteiger charge is -2.24. The van der Waals surface area contributed by atoms with E-state index >= 15 is 0 Å². The molecule has 0 saturated heterocycles. The van der Waals surface area contributed by atoms with Gasteiger partial charge in [-0.25, -0.2) is 0 Å². The van der Waals surface area contributed by atoms with Gasteiger partial charge in [0.1, 0.15) is 0 Å². The van der Waals surface area contributed by atoms with Crippen molar-refractivity contribution in [2.75, 3.05) is 7.05 Å². The van der Waals surface area contributed by atoms with Crippen LogP contribution in [0.1, 0.15) is 36.8 Å². The van der Waals surface area contributed by atoms with Gasteiger partial charge < -0.3 is 5.32 Å². The van der Waals surface area contributed by atoms with Gasteiger partial charge >= 0.3 is 0 Å². The van der Waals surface area contributed by atoms with E-state index in [2.05, 4.69) is 42.7 Å². The number of allylic oxidation sites excluding steroid dienone is 2. The van der Waals surface area contributed by atoms with Crippen LogP contribution in [-0.4, -0.2) is 13.1 Å². The molecule has 0 heterocycles. The fraction of sp³-hybridized carbons (Fsp3) is 0.529. The fourth-order valence-corrected chi connectivity index (χ4v) is 4.51. The van der Waals surface area contributed by atoms with E-state index in [1.807, 2.05) is 0 Å². The zero-order valence-electron chi connectivity index (χ0n) is 11.1. The highest BCUT2D eigenvalue weighted by molar-refractivity contribution is 5.77. The van der Waals surface area contributed by atoms with E-state index in [0.717, 1.165) is 12.0 Å². The molecule has 4 rings (SSSR count). The van der Waals surface area contributed by atoms with Crippen molar-refractivity contribution in [2.45, 2.75) is 38.1 Å². The highest BCUT2D eigenvalue weighted by Gasteiger charge is 2.63. The van der Waals surface area contributed by atoms with Crippen molar-refractivity contribution in [1.82, 2.24) is 5.32 Å². The molecule has 0 aromatic heterocycles. The molecule has 2 saturated carbocycles. The van der Waals surface area contributed by atoms with E-state index in [1.54, 1.807) is 16.7 Å². The highest BCUT2D eigenvalue weighted by Crippen LogP contribution is 2.70. The second-order valence-electron chi connectivity index (χ2n) is 6.21. The summed E-state index contributed by atoms with van der Waals surface area (Å²) in [5.74, 6) is 0.903. The van der Waals surface area contributed by atoms with E-state index in [9.17, 15) is 0 Å². The molecule has 0 radical (unpaired) electrons. The third-order valence-corrected chi connectivity index (χ3v) is 5.50. The summed E-state index contributed by atoms with van der Waals surface area (Å²) in [6.45, 7) is 0. The molecule has 3 aliphatic rings. The van der Waals surface area contributed by atoms with Crippen LogP contribution in [0.4, 0.5) is 0 Å².